The number of piperazine rings is 1. The minimum absolute atomic E-state index is 0. The molecular formula is C19H19ClF3N5O. The van der Waals surface area contributed by atoms with Crippen molar-refractivity contribution in [2.24, 2.45) is 0 Å². The number of benzene rings is 1. The molecule has 29 heavy (non-hydrogen) atoms. The molecule has 1 atom stereocenters. The zero-order valence-corrected chi connectivity index (χ0v) is 16.1. The van der Waals surface area contributed by atoms with Crippen molar-refractivity contribution in [1.82, 2.24) is 25.3 Å². The summed E-state index contributed by atoms with van der Waals surface area (Å²) in [6.45, 7) is 2.78. The molecule has 0 saturated carbocycles. The molecule has 1 N–H and O–H groups in total. The normalized spacial score (nSPS) is 17.7. The van der Waals surface area contributed by atoms with Crippen molar-refractivity contribution in [3.63, 3.8) is 0 Å². The molecule has 0 bridgehead atoms. The SMILES string of the molecule is Cl.FC(F)(F)c1cccc(-c2noc(CN3CCNCC3c3cccnc3)n2)c1. The van der Waals surface area contributed by atoms with Crippen LogP contribution in [0.4, 0.5) is 13.2 Å². The summed E-state index contributed by atoms with van der Waals surface area (Å²) in [7, 11) is 0. The number of alkyl halides is 3. The average molecular weight is 426 g/mol. The Bertz CT molecular complexity index is 935. The number of hydrogen-bond acceptors (Lipinski definition) is 6. The summed E-state index contributed by atoms with van der Waals surface area (Å²) in [4.78, 5) is 10.7. The first-order chi connectivity index (χ1) is 13.5. The van der Waals surface area contributed by atoms with E-state index in [0.717, 1.165) is 37.3 Å². The molecular weight excluding hydrogens is 407 g/mol. The lowest BCUT2D eigenvalue weighted by atomic mass is 10.1. The molecule has 1 aliphatic heterocycles. The second-order valence-corrected chi connectivity index (χ2v) is 6.57. The molecule has 1 aliphatic rings. The van der Waals surface area contributed by atoms with Crippen LogP contribution in [0.3, 0.4) is 0 Å². The standard InChI is InChI=1S/C19H18F3N5O.ClH/c20-19(21,22)15-5-1-3-13(9-15)18-25-17(28-26-18)12-27-8-7-24-11-16(27)14-4-2-6-23-10-14;/h1-6,9-10,16,24H,7-8,11-12H2;1H. The molecule has 2 aromatic heterocycles. The van der Waals surface area contributed by atoms with Crippen LogP contribution in [-0.4, -0.2) is 39.7 Å². The first-order valence-electron chi connectivity index (χ1n) is 8.85. The monoisotopic (exact) mass is 425 g/mol. The Morgan fingerprint density at radius 2 is 2.07 bits per heavy atom. The van der Waals surface area contributed by atoms with Crippen molar-refractivity contribution in [2.75, 3.05) is 19.6 Å². The Hall–Kier alpha value is -2.49. The van der Waals surface area contributed by atoms with E-state index in [4.69, 9.17) is 4.52 Å². The lowest BCUT2D eigenvalue weighted by Crippen LogP contribution is -2.45. The number of halogens is 4. The van der Waals surface area contributed by atoms with Crippen molar-refractivity contribution < 1.29 is 17.7 Å². The van der Waals surface area contributed by atoms with Crippen molar-refractivity contribution in [1.29, 1.82) is 0 Å². The molecule has 1 unspecified atom stereocenters. The van der Waals surface area contributed by atoms with Gasteiger partial charge in [-0.1, -0.05) is 23.4 Å². The third-order valence-electron chi connectivity index (χ3n) is 4.68. The van der Waals surface area contributed by atoms with E-state index >= 15 is 0 Å². The third-order valence-corrected chi connectivity index (χ3v) is 4.68. The maximum absolute atomic E-state index is 12.9. The molecule has 4 rings (SSSR count). The van der Waals surface area contributed by atoms with Crippen LogP contribution in [-0.2, 0) is 12.7 Å². The Morgan fingerprint density at radius 1 is 1.21 bits per heavy atom. The van der Waals surface area contributed by atoms with Gasteiger partial charge >= 0.3 is 6.18 Å². The van der Waals surface area contributed by atoms with E-state index in [1.54, 1.807) is 6.20 Å². The maximum atomic E-state index is 12.9. The van der Waals surface area contributed by atoms with Crippen LogP contribution in [0.1, 0.15) is 23.1 Å². The number of hydrogen-bond donors (Lipinski definition) is 1. The van der Waals surface area contributed by atoms with Gasteiger partial charge < -0.3 is 9.84 Å². The predicted molar refractivity (Wildman–Crippen MR) is 102 cm³/mol. The molecule has 1 fully saturated rings. The Balaban J connectivity index is 0.00000240. The summed E-state index contributed by atoms with van der Waals surface area (Å²) in [5.74, 6) is 0.511. The van der Waals surface area contributed by atoms with Gasteiger partial charge in [0.05, 0.1) is 12.1 Å². The molecule has 0 amide bonds. The Kier molecular flexibility index (Phi) is 6.51. The average Bonchev–Trinajstić information content (AvgIpc) is 3.17. The van der Waals surface area contributed by atoms with Crippen LogP contribution < -0.4 is 5.32 Å². The van der Waals surface area contributed by atoms with Crippen molar-refractivity contribution in [2.45, 2.75) is 18.8 Å². The highest BCUT2D eigenvalue weighted by molar-refractivity contribution is 5.85. The second-order valence-electron chi connectivity index (χ2n) is 6.57. The zero-order chi connectivity index (χ0) is 19.6. The summed E-state index contributed by atoms with van der Waals surface area (Å²) in [6.07, 6.45) is -0.865. The molecule has 6 nitrogen and oxygen atoms in total. The summed E-state index contributed by atoms with van der Waals surface area (Å²) in [5.41, 5.74) is 0.608. The van der Waals surface area contributed by atoms with E-state index in [1.807, 2.05) is 18.3 Å². The van der Waals surface area contributed by atoms with Gasteiger partial charge in [-0.15, -0.1) is 12.4 Å². The summed E-state index contributed by atoms with van der Waals surface area (Å²) in [5, 5.41) is 7.22. The van der Waals surface area contributed by atoms with Gasteiger partial charge in [0, 0.05) is 43.6 Å². The van der Waals surface area contributed by atoms with Crippen LogP contribution in [0.5, 0.6) is 0 Å². The fourth-order valence-corrected chi connectivity index (χ4v) is 3.28. The Labute approximate surface area is 171 Å². The Morgan fingerprint density at radius 3 is 2.83 bits per heavy atom. The van der Waals surface area contributed by atoms with Crippen molar-refractivity contribution >= 4 is 12.4 Å². The molecule has 3 aromatic rings. The van der Waals surface area contributed by atoms with Gasteiger partial charge in [0.2, 0.25) is 11.7 Å². The molecule has 0 aliphatic carbocycles. The fraction of sp³-hybridized carbons (Fsp3) is 0.316. The summed E-state index contributed by atoms with van der Waals surface area (Å²) < 4.78 is 44.1. The number of aromatic nitrogens is 3. The molecule has 1 saturated heterocycles. The highest BCUT2D eigenvalue weighted by atomic mass is 35.5. The highest BCUT2D eigenvalue weighted by Crippen LogP contribution is 2.31. The van der Waals surface area contributed by atoms with E-state index in [2.05, 4.69) is 25.3 Å². The van der Waals surface area contributed by atoms with E-state index in [0.29, 0.717) is 12.4 Å². The highest BCUT2D eigenvalue weighted by Gasteiger charge is 2.31. The van der Waals surface area contributed by atoms with Crippen LogP contribution >= 0.6 is 12.4 Å². The van der Waals surface area contributed by atoms with Gasteiger partial charge in [0.25, 0.3) is 0 Å². The van der Waals surface area contributed by atoms with Gasteiger partial charge in [-0.05, 0) is 23.8 Å². The van der Waals surface area contributed by atoms with Gasteiger partial charge in [0.1, 0.15) is 0 Å². The largest absolute Gasteiger partial charge is 0.416 e. The van der Waals surface area contributed by atoms with Crippen LogP contribution in [0, 0.1) is 0 Å². The number of nitrogens with one attached hydrogen (secondary N) is 1. The van der Waals surface area contributed by atoms with Crippen LogP contribution in [0.25, 0.3) is 11.4 Å². The topological polar surface area (TPSA) is 67.1 Å². The van der Waals surface area contributed by atoms with Crippen LogP contribution in [0.2, 0.25) is 0 Å². The molecule has 1 aromatic carbocycles. The fourth-order valence-electron chi connectivity index (χ4n) is 3.28. The van der Waals surface area contributed by atoms with E-state index in [-0.39, 0.29) is 29.8 Å². The smallest absolute Gasteiger partial charge is 0.338 e. The molecule has 10 heteroatoms. The van der Waals surface area contributed by atoms with Crippen molar-refractivity contribution in [3.05, 3.63) is 65.8 Å². The minimum atomic E-state index is -4.42. The second kappa shape index (κ2) is 8.89. The summed E-state index contributed by atoms with van der Waals surface area (Å²) >= 11 is 0. The summed E-state index contributed by atoms with van der Waals surface area (Å²) in [6, 6.07) is 8.92. The minimum Gasteiger partial charge on any atom is -0.338 e. The quantitative estimate of drug-likeness (QED) is 0.687. The van der Waals surface area contributed by atoms with Gasteiger partial charge in [0.15, 0.2) is 0 Å². The lowest BCUT2D eigenvalue weighted by Gasteiger charge is -2.35. The molecule has 0 spiro atoms. The van der Waals surface area contributed by atoms with E-state index < -0.39 is 11.7 Å². The molecule has 0 radical (unpaired) electrons. The maximum Gasteiger partial charge on any atom is 0.416 e. The van der Waals surface area contributed by atoms with Crippen LogP contribution in [0.15, 0.2) is 53.3 Å². The molecule has 3 heterocycles. The first kappa shape index (κ1) is 21.2. The first-order valence-corrected chi connectivity index (χ1v) is 8.85. The van der Waals surface area contributed by atoms with Gasteiger partial charge in [-0.25, -0.2) is 0 Å². The zero-order valence-electron chi connectivity index (χ0n) is 15.3. The number of pyridine rings is 1. The van der Waals surface area contributed by atoms with Gasteiger partial charge in [-0.3, -0.25) is 9.88 Å². The van der Waals surface area contributed by atoms with E-state index in [1.165, 1.54) is 12.1 Å². The molecule has 154 valence electrons. The lowest BCUT2D eigenvalue weighted by molar-refractivity contribution is -0.137. The van der Waals surface area contributed by atoms with Crippen molar-refractivity contribution in [3.8, 4) is 11.4 Å². The van der Waals surface area contributed by atoms with E-state index in [9.17, 15) is 13.2 Å². The number of rotatable bonds is 4. The number of nitrogens with zero attached hydrogens (tertiary/aromatic N) is 4. The predicted octanol–water partition coefficient (Wildman–Crippen LogP) is 3.72. The van der Waals surface area contributed by atoms with Gasteiger partial charge in [-0.2, -0.15) is 18.2 Å². The third kappa shape index (κ3) is 4.92.